The third kappa shape index (κ3) is 2.52. The Morgan fingerprint density at radius 2 is 1.54 bits per heavy atom. The molecule has 0 unspecified atom stereocenters. The summed E-state index contributed by atoms with van der Waals surface area (Å²) >= 11 is 0. The molecule has 0 aliphatic carbocycles. The predicted molar refractivity (Wildman–Crippen MR) is 90.3 cm³/mol. The summed E-state index contributed by atoms with van der Waals surface area (Å²) in [6.07, 6.45) is 1.72. The molecule has 0 N–H and O–H groups in total. The maximum absolute atomic E-state index is 13.6. The monoisotopic (exact) mass is 318 g/mol. The highest BCUT2D eigenvalue weighted by Crippen LogP contribution is 2.31. The van der Waals surface area contributed by atoms with Crippen LogP contribution < -0.4 is 0 Å². The fourth-order valence-corrected chi connectivity index (χ4v) is 2.70. The Hall–Kier alpha value is -3.14. The van der Waals surface area contributed by atoms with Crippen molar-refractivity contribution in [2.24, 2.45) is 0 Å². The standard InChI is InChI=1S/C20H12F2N2/c21-16-9-8-14(11-17(16)22)19-12-15(13-5-2-1-3-6-13)20-18(24-19)7-4-10-23-20/h1-12H. The van der Waals surface area contributed by atoms with Crippen molar-refractivity contribution in [3.8, 4) is 22.4 Å². The maximum Gasteiger partial charge on any atom is 0.159 e. The van der Waals surface area contributed by atoms with Gasteiger partial charge in [0.05, 0.1) is 16.7 Å². The van der Waals surface area contributed by atoms with E-state index in [0.717, 1.165) is 28.8 Å². The molecule has 2 heterocycles. The van der Waals surface area contributed by atoms with Crippen LogP contribution in [0.1, 0.15) is 0 Å². The molecule has 0 atom stereocenters. The van der Waals surface area contributed by atoms with E-state index in [1.165, 1.54) is 6.07 Å². The number of fused-ring (bicyclic) bond motifs is 1. The lowest BCUT2D eigenvalue weighted by Crippen LogP contribution is -1.93. The second kappa shape index (κ2) is 5.81. The number of rotatable bonds is 2. The Bertz CT molecular complexity index is 1030. The van der Waals surface area contributed by atoms with Crippen LogP contribution in [-0.2, 0) is 0 Å². The van der Waals surface area contributed by atoms with Gasteiger partial charge in [0.25, 0.3) is 0 Å². The molecular formula is C20H12F2N2. The topological polar surface area (TPSA) is 25.8 Å². The SMILES string of the molecule is Fc1ccc(-c2cc(-c3ccccc3)c3ncccc3n2)cc1F. The van der Waals surface area contributed by atoms with E-state index in [2.05, 4.69) is 9.97 Å². The molecule has 0 amide bonds. The first-order valence-electron chi connectivity index (χ1n) is 7.49. The highest BCUT2D eigenvalue weighted by Gasteiger charge is 2.11. The van der Waals surface area contributed by atoms with Crippen molar-refractivity contribution < 1.29 is 8.78 Å². The van der Waals surface area contributed by atoms with Gasteiger partial charge >= 0.3 is 0 Å². The molecule has 2 aromatic carbocycles. The molecule has 0 spiro atoms. The van der Waals surface area contributed by atoms with Crippen molar-refractivity contribution in [3.05, 3.63) is 84.6 Å². The molecule has 0 aliphatic rings. The molecule has 4 aromatic rings. The van der Waals surface area contributed by atoms with Crippen LogP contribution >= 0.6 is 0 Å². The first-order valence-corrected chi connectivity index (χ1v) is 7.49. The van der Waals surface area contributed by atoms with Gasteiger partial charge in [-0.15, -0.1) is 0 Å². The lowest BCUT2D eigenvalue weighted by molar-refractivity contribution is 0.509. The van der Waals surface area contributed by atoms with Gasteiger partial charge in [-0.3, -0.25) is 4.98 Å². The van der Waals surface area contributed by atoms with E-state index in [-0.39, 0.29) is 0 Å². The molecular weight excluding hydrogens is 306 g/mol. The Kier molecular flexibility index (Phi) is 3.50. The number of hydrogen-bond acceptors (Lipinski definition) is 2. The van der Waals surface area contributed by atoms with Crippen LogP contribution in [0.15, 0.2) is 72.9 Å². The molecule has 0 saturated heterocycles. The summed E-state index contributed by atoms with van der Waals surface area (Å²) in [4.78, 5) is 8.98. The third-order valence-electron chi connectivity index (χ3n) is 3.86. The van der Waals surface area contributed by atoms with Gasteiger partial charge in [0, 0.05) is 17.3 Å². The largest absolute Gasteiger partial charge is 0.254 e. The van der Waals surface area contributed by atoms with E-state index in [0.29, 0.717) is 16.8 Å². The van der Waals surface area contributed by atoms with Crippen LogP contribution in [0.4, 0.5) is 8.78 Å². The van der Waals surface area contributed by atoms with Crippen molar-refractivity contribution >= 4 is 11.0 Å². The zero-order valence-corrected chi connectivity index (χ0v) is 12.6. The minimum atomic E-state index is -0.887. The fourth-order valence-electron chi connectivity index (χ4n) is 2.70. The summed E-state index contributed by atoms with van der Waals surface area (Å²) < 4.78 is 26.8. The highest BCUT2D eigenvalue weighted by molar-refractivity contribution is 5.93. The van der Waals surface area contributed by atoms with Gasteiger partial charge in [-0.2, -0.15) is 0 Å². The minimum Gasteiger partial charge on any atom is -0.254 e. The van der Waals surface area contributed by atoms with Crippen molar-refractivity contribution in [2.75, 3.05) is 0 Å². The zero-order valence-electron chi connectivity index (χ0n) is 12.6. The average Bonchev–Trinajstić information content (AvgIpc) is 2.64. The van der Waals surface area contributed by atoms with Crippen molar-refractivity contribution in [3.63, 3.8) is 0 Å². The Morgan fingerprint density at radius 3 is 2.33 bits per heavy atom. The second-order valence-electron chi connectivity index (χ2n) is 5.42. The Labute approximate surface area is 137 Å². The quantitative estimate of drug-likeness (QED) is 0.505. The van der Waals surface area contributed by atoms with Gasteiger partial charge in [-0.05, 0) is 42.0 Å². The first-order chi connectivity index (χ1) is 11.7. The van der Waals surface area contributed by atoms with Gasteiger partial charge in [0.2, 0.25) is 0 Å². The number of aromatic nitrogens is 2. The van der Waals surface area contributed by atoms with E-state index in [1.54, 1.807) is 12.3 Å². The molecule has 0 fully saturated rings. The highest BCUT2D eigenvalue weighted by atomic mass is 19.2. The Morgan fingerprint density at radius 1 is 0.708 bits per heavy atom. The summed E-state index contributed by atoms with van der Waals surface area (Å²) in [7, 11) is 0. The molecule has 2 nitrogen and oxygen atoms in total. The summed E-state index contributed by atoms with van der Waals surface area (Å²) in [5.74, 6) is -1.76. The van der Waals surface area contributed by atoms with Crippen LogP contribution in [-0.4, -0.2) is 9.97 Å². The predicted octanol–water partition coefficient (Wildman–Crippen LogP) is 5.24. The van der Waals surface area contributed by atoms with Gasteiger partial charge < -0.3 is 0 Å². The summed E-state index contributed by atoms with van der Waals surface area (Å²) in [5.41, 5.74) is 4.48. The van der Waals surface area contributed by atoms with Crippen molar-refractivity contribution in [1.29, 1.82) is 0 Å². The van der Waals surface area contributed by atoms with E-state index in [4.69, 9.17) is 0 Å². The molecule has 4 heteroatoms. The first kappa shape index (κ1) is 14.5. The lowest BCUT2D eigenvalue weighted by atomic mass is 10.0. The molecule has 0 radical (unpaired) electrons. The number of hydrogen-bond donors (Lipinski definition) is 0. The maximum atomic E-state index is 13.6. The summed E-state index contributed by atoms with van der Waals surface area (Å²) in [6.45, 7) is 0. The van der Waals surface area contributed by atoms with Gasteiger partial charge in [-0.1, -0.05) is 30.3 Å². The van der Waals surface area contributed by atoms with Gasteiger partial charge in [0.15, 0.2) is 11.6 Å². The van der Waals surface area contributed by atoms with Crippen LogP contribution in [0.3, 0.4) is 0 Å². The van der Waals surface area contributed by atoms with Crippen molar-refractivity contribution in [2.45, 2.75) is 0 Å². The van der Waals surface area contributed by atoms with Crippen LogP contribution in [0, 0.1) is 11.6 Å². The molecule has 0 aliphatic heterocycles. The molecule has 116 valence electrons. The van der Waals surface area contributed by atoms with Gasteiger partial charge in [0.1, 0.15) is 0 Å². The van der Waals surface area contributed by atoms with E-state index in [9.17, 15) is 8.78 Å². The molecule has 4 rings (SSSR count). The minimum absolute atomic E-state index is 0.525. The van der Waals surface area contributed by atoms with E-state index >= 15 is 0 Å². The van der Waals surface area contributed by atoms with Crippen LogP contribution in [0.5, 0.6) is 0 Å². The normalized spacial score (nSPS) is 10.9. The second-order valence-corrected chi connectivity index (χ2v) is 5.42. The van der Waals surface area contributed by atoms with E-state index < -0.39 is 11.6 Å². The molecule has 24 heavy (non-hydrogen) atoms. The van der Waals surface area contributed by atoms with Crippen molar-refractivity contribution in [1.82, 2.24) is 9.97 Å². The zero-order chi connectivity index (χ0) is 16.5. The lowest BCUT2D eigenvalue weighted by Gasteiger charge is -2.09. The molecule has 2 aromatic heterocycles. The Balaban J connectivity index is 1.99. The number of pyridine rings is 2. The fraction of sp³-hybridized carbons (Fsp3) is 0. The number of nitrogens with zero attached hydrogens (tertiary/aromatic N) is 2. The average molecular weight is 318 g/mol. The molecule has 0 saturated carbocycles. The summed E-state index contributed by atoms with van der Waals surface area (Å²) in [5, 5.41) is 0. The van der Waals surface area contributed by atoms with E-state index in [1.807, 2.05) is 42.5 Å². The van der Waals surface area contributed by atoms with Crippen LogP contribution in [0.25, 0.3) is 33.4 Å². The third-order valence-corrected chi connectivity index (χ3v) is 3.86. The number of benzene rings is 2. The number of halogens is 2. The summed E-state index contributed by atoms with van der Waals surface area (Å²) in [6, 6.07) is 19.1. The van der Waals surface area contributed by atoms with Crippen LogP contribution in [0.2, 0.25) is 0 Å². The molecule has 0 bridgehead atoms. The smallest absolute Gasteiger partial charge is 0.159 e. The van der Waals surface area contributed by atoms with Gasteiger partial charge in [-0.25, -0.2) is 13.8 Å².